The van der Waals surface area contributed by atoms with Gasteiger partial charge < -0.3 is 15.0 Å². The van der Waals surface area contributed by atoms with Crippen molar-refractivity contribution in [2.75, 3.05) is 31.6 Å². The van der Waals surface area contributed by atoms with Gasteiger partial charge in [0, 0.05) is 19.1 Å². The van der Waals surface area contributed by atoms with Gasteiger partial charge in [-0.15, -0.1) is 0 Å². The molecular weight excluding hydrogens is 246 g/mol. The summed E-state index contributed by atoms with van der Waals surface area (Å²) in [4.78, 5) is 13.0. The molecule has 1 aromatic rings. The lowest BCUT2D eigenvalue weighted by atomic mass is 10.1. The number of likely N-dealkylation sites (N-methyl/N-ethyl adjacent to an activating group) is 1. The number of hydrogen-bond donors (Lipinski definition) is 1. The second kappa shape index (κ2) is 5.88. The van der Waals surface area contributed by atoms with Crippen molar-refractivity contribution in [2.45, 2.75) is 19.4 Å². The van der Waals surface area contributed by atoms with Gasteiger partial charge in [0.1, 0.15) is 11.4 Å². The summed E-state index contributed by atoms with van der Waals surface area (Å²) < 4.78 is 5.06. The number of hydrogen-bond acceptors (Lipinski definition) is 5. The summed E-state index contributed by atoms with van der Waals surface area (Å²) >= 11 is 0. The molecule has 1 atom stereocenters. The van der Waals surface area contributed by atoms with Gasteiger partial charge in [-0.1, -0.05) is 0 Å². The molecule has 1 unspecified atom stereocenters. The molecule has 0 saturated carbocycles. The van der Waals surface area contributed by atoms with Crippen molar-refractivity contribution in [3.63, 3.8) is 0 Å². The summed E-state index contributed by atoms with van der Waals surface area (Å²) in [6, 6.07) is 5.35. The van der Waals surface area contributed by atoms with E-state index in [1.807, 2.05) is 6.92 Å². The predicted molar refractivity (Wildman–Crippen MR) is 73.9 cm³/mol. The first-order valence-corrected chi connectivity index (χ1v) is 6.47. The molecule has 0 spiro atoms. The number of nitro groups is 1. The Morgan fingerprint density at radius 2 is 2.37 bits per heavy atom. The fourth-order valence-electron chi connectivity index (χ4n) is 2.55. The standard InChI is InChI=1S/C13H19N3O3/c1-3-15(10-6-7-14-9-10)12-5-4-11(19-2)8-13(12)16(17)18/h4-5,8,10,14H,3,6-7,9H2,1-2H3. The van der Waals surface area contributed by atoms with E-state index in [0.29, 0.717) is 17.5 Å². The van der Waals surface area contributed by atoms with Gasteiger partial charge in [-0.05, 0) is 32.0 Å². The summed E-state index contributed by atoms with van der Waals surface area (Å²) in [5.74, 6) is 0.510. The number of ether oxygens (including phenoxy) is 1. The van der Waals surface area contributed by atoms with Crippen molar-refractivity contribution in [3.8, 4) is 5.75 Å². The molecule has 0 aromatic heterocycles. The molecule has 0 bridgehead atoms. The second-order valence-electron chi connectivity index (χ2n) is 4.54. The van der Waals surface area contributed by atoms with Crippen LogP contribution in [0, 0.1) is 10.1 Å². The number of nitrogens with one attached hydrogen (secondary N) is 1. The first kappa shape index (κ1) is 13.6. The van der Waals surface area contributed by atoms with Gasteiger partial charge in [0.05, 0.1) is 18.1 Å². The lowest BCUT2D eigenvalue weighted by Crippen LogP contribution is -2.37. The monoisotopic (exact) mass is 265 g/mol. The normalized spacial score (nSPS) is 18.3. The van der Waals surface area contributed by atoms with Crippen LogP contribution in [0.15, 0.2) is 18.2 Å². The Balaban J connectivity index is 2.38. The van der Waals surface area contributed by atoms with Crippen molar-refractivity contribution >= 4 is 11.4 Å². The van der Waals surface area contributed by atoms with Gasteiger partial charge in [0.2, 0.25) is 0 Å². The third kappa shape index (κ3) is 2.78. The largest absolute Gasteiger partial charge is 0.496 e. The fourth-order valence-corrected chi connectivity index (χ4v) is 2.55. The quantitative estimate of drug-likeness (QED) is 0.649. The zero-order valence-electron chi connectivity index (χ0n) is 11.3. The Morgan fingerprint density at radius 3 is 2.89 bits per heavy atom. The van der Waals surface area contributed by atoms with Gasteiger partial charge in [0.15, 0.2) is 0 Å². The van der Waals surface area contributed by atoms with Crippen LogP contribution >= 0.6 is 0 Å². The van der Waals surface area contributed by atoms with Crippen LogP contribution in [0.5, 0.6) is 5.75 Å². The van der Waals surface area contributed by atoms with Crippen LogP contribution in [-0.2, 0) is 0 Å². The first-order valence-electron chi connectivity index (χ1n) is 6.47. The molecule has 0 radical (unpaired) electrons. The van der Waals surface area contributed by atoms with E-state index in [2.05, 4.69) is 10.2 Å². The Morgan fingerprint density at radius 1 is 1.58 bits per heavy atom. The van der Waals surface area contributed by atoms with Gasteiger partial charge >= 0.3 is 0 Å². The van der Waals surface area contributed by atoms with Crippen LogP contribution in [-0.4, -0.2) is 37.7 Å². The number of rotatable bonds is 5. The molecule has 6 nitrogen and oxygen atoms in total. The first-order chi connectivity index (χ1) is 9.17. The summed E-state index contributed by atoms with van der Waals surface area (Å²) in [5, 5.41) is 14.5. The average Bonchev–Trinajstić information content (AvgIpc) is 2.93. The summed E-state index contributed by atoms with van der Waals surface area (Å²) in [5.41, 5.74) is 0.773. The van der Waals surface area contributed by atoms with Crippen molar-refractivity contribution < 1.29 is 9.66 Å². The third-order valence-electron chi connectivity index (χ3n) is 3.50. The van der Waals surface area contributed by atoms with Crippen molar-refractivity contribution in [1.29, 1.82) is 0 Å². The van der Waals surface area contributed by atoms with Crippen LogP contribution in [0.3, 0.4) is 0 Å². The molecule has 1 fully saturated rings. The highest BCUT2D eigenvalue weighted by Crippen LogP contribution is 2.33. The molecule has 1 aliphatic heterocycles. The molecule has 6 heteroatoms. The van der Waals surface area contributed by atoms with Crippen LogP contribution in [0.2, 0.25) is 0 Å². The van der Waals surface area contributed by atoms with Crippen LogP contribution in [0.25, 0.3) is 0 Å². The highest BCUT2D eigenvalue weighted by atomic mass is 16.6. The lowest BCUT2D eigenvalue weighted by molar-refractivity contribution is -0.384. The van der Waals surface area contributed by atoms with Crippen molar-refractivity contribution in [1.82, 2.24) is 5.32 Å². The molecule has 104 valence electrons. The highest BCUT2D eigenvalue weighted by Gasteiger charge is 2.27. The zero-order chi connectivity index (χ0) is 13.8. The van der Waals surface area contributed by atoms with E-state index in [0.717, 1.165) is 26.1 Å². The molecule has 1 N–H and O–H groups in total. The Kier molecular flexibility index (Phi) is 4.21. The Hall–Kier alpha value is -1.82. The number of methoxy groups -OCH3 is 1. The molecule has 1 aliphatic rings. The summed E-state index contributed by atoms with van der Waals surface area (Å²) in [6.07, 6.45) is 1.01. The maximum atomic E-state index is 11.2. The molecular formula is C13H19N3O3. The minimum atomic E-state index is -0.344. The summed E-state index contributed by atoms with van der Waals surface area (Å²) in [7, 11) is 1.51. The SMILES string of the molecule is CCN(c1ccc(OC)cc1[N+](=O)[O-])C1CCNC1. The average molecular weight is 265 g/mol. The molecule has 2 rings (SSSR count). The van der Waals surface area contributed by atoms with E-state index in [1.54, 1.807) is 12.1 Å². The molecule has 1 saturated heterocycles. The van der Waals surface area contributed by atoms with E-state index in [-0.39, 0.29) is 10.6 Å². The van der Waals surface area contributed by atoms with Crippen LogP contribution in [0.1, 0.15) is 13.3 Å². The highest BCUT2D eigenvalue weighted by molar-refractivity contribution is 5.66. The van der Waals surface area contributed by atoms with E-state index in [4.69, 9.17) is 4.74 Å². The topological polar surface area (TPSA) is 67.6 Å². The van der Waals surface area contributed by atoms with Crippen molar-refractivity contribution in [3.05, 3.63) is 28.3 Å². The number of nitrogens with zero attached hydrogens (tertiary/aromatic N) is 2. The molecule has 1 heterocycles. The molecule has 19 heavy (non-hydrogen) atoms. The van der Waals surface area contributed by atoms with Gasteiger partial charge in [-0.2, -0.15) is 0 Å². The van der Waals surface area contributed by atoms with E-state index in [1.165, 1.54) is 13.2 Å². The fraction of sp³-hybridized carbons (Fsp3) is 0.538. The van der Waals surface area contributed by atoms with Crippen LogP contribution < -0.4 is 15.0 Å². The molecule has 0 amide bonds. The Labute approximate surface area is 112 Å². The number of benzene rings is 1. The molecule has 0 aliphatic carbocycles. The second-order valence-corrected chi connectivity index (χ2v) is 4.54. The minimum Gasteiger partial charge on any atom is -0.496 e. The molecule has 1 aromatic carbocycles. The van der Waals surface area contributed by atoms with E-state index in [9.17, 15) is 10.1 Å². The van der Waals surface area contributed by atoms with E-state index >= 15 is 0 Å². The maximum Gasteiger partial charge on any atom is 0.296 e. The van der Waals surface area contributed by atoms with E-state index < -0.39 is 0 Å². The minimum absolute atomic E-state index is 0.105. The van der Waals surface area contributed by atoms with Crippen LogP contribution in [0.4, 0.5) is 11.4 Å². The van der Waals surface area contributed by atoms with Gasteiger partial charge in [0.25, 0.3) is 5.69 Å². The predicted octanol–water partition coefficient (Wildman–Crippen LogP) is 1.79. The van der Waals surface area contributed by atoms with Gasteiger partial charge in [-0.3, -0.25) is 10.1 Å². The third-order valence-corrected chi connectivity index (χ3v) is 3.50. The number of nitro benzene ring substituents is 1. The smallest absolute Gasteiger partial charge is 0.296 e. The zero-order valence-corrected chi connectivity index (χ0v) is 11.3. The Bertz CT molecular complexity index is 458. The maximum absolute atomic E-state index is 11.2. The lowest BCUT2D eigenvalue weighted by Gasteiger charge is -2.29. The van der Waals surface area contributed by atoms with Crippen molar-refractivity contribution in [2.24, 2.45) is 0 Å². The van der Waals surface area contributed by atoms with Gasteiger partial charge in [-0.25, -0.2) is 0 Å². The summed E-state index contributed by atoms with van der Waals surface area (Å²) in [6.45, 7) is 4.61. The number of anilines is 1.